The lowest BCUT2D eigenvalue weighted by Gasteiger charge is -2.11. The number of hydrogen-bond donors (Lipinski definition) is 4. The summed E-state index contributed by atoms with van der Waals surface area (Å²) in [5.74, 6) is 5.80. The lowest BCUT2D eigenvalue weighted by Crippen LogP contribution is -2.19. The van der Waals surface area contributed by atoms with E-state index in [4.69, 9.17) is 24.4 Å². The Morgan fingerprint density at radius 1 is 0.895 bits per heavy atom. The van der Waals surface area contributed by atoms with E-state index in [2.05, 4.69) is 23.2 Å². The molecule has 2 aromatic carbocycles. The molecule has 0 unspecified atom stereocenters. The van der Waals surface area contributed by atoms with E-state index in [9.17, 15) is 14.7 Å². The second-order valence-corrected chi connectivity index (χ2v) is 8.63. The van der Waals surface area contributed by atoms with Crippen molar-refractivity contribution >= 4 is 11.9 Å². The molecule has 0 atom stereocenters. The number of carbonyl (C=O) groups is 2. The quantitative estimate of drug-likeness (QED) is 0.186. The van der Waals surface area contributed by atoms with Gasteiger partial charge in [0, 0.05) is 17.7 Å². The molecule has 0 aromatic heterocycles. The average molecular weight is 528 g/mol. The van der Waals surface area contributed by atoms with Crippen molar-refractivity contribution in [3.05, 3.63) is 65.2 Å². The van der Waals surface area contributed by atoms with Crippen LogP contribution in [0.15, 0.2) is 48.6 Å². The van der Waals surface area contributed by atoms with Crippen LogP contribution < -0.4 is 19.5 Å². The molecular weight excluding hydrogens is 490 g/mol. The third kappa shape index (κ3) is 13.3. The number of rotatable bonds is 12. The van der Waals surface area contributed by atoms with Crippen LogP contribution >= 0.6 is 0 Å². The molecule has 38 heavy (non-hydrogen) atoms. The SMILES string of the molecule is COc1ccc(C#CC(C)(C)O)c(CCCNCCc2ccc(OC)c(OC)c2)c1.O=C(O)C=CC(=O)O. The maximum absolute atomic E-state index is 9.88. The first kappa shape index (κ1) is 32.0. The number of aliphatic hydroxyl groups is 1. The zero-order valence-corrected chi connectivity index (χ0v) is 22.5. The molecule has 206 valence electrons. The van der Waals surface area contributed by atoms with Gasteiger partial charge in [-0.1, -0.05) is 17.9 Å². The van der Waals surface area contributed by atoms with Gasteiger partial charge in [-0.25, -0.2) is 9.59 Å². The van der Waals surface area contributed by atoms with Gasteiger partial charge in [0.2, 0.25) is 0 Å². The van der Waals surface area contributed by atoms with Crippen molar-refractivity contribution in [3.63, 3.8) is 0 Å². The van der Waals surface area contributed by atoms with Crippen LogP contribution in [0, 0.1) is 11.8 Å². The molecule has 2 rings (SSSR count). The number of nitrogens with one attached hydrogen (secondary N) is 1. The van der Waals surface area contributed by atoms with E-state index in [1.165, 1.54) is 5.56 Å². The lowest BCUT2D eigenvalue weighted by molar-refractivity contribution is -0.134. The average Bonchev–Trinajstić information content (AvgIpc) is 2.88. The normalized spacial score (nSPS) is 10.6. The van der Waals surface area contributed by atoms with Crippen LogP contribution in [0.25, 0.3) is 0 Å². The summed E-state index contributed by atoms with van der Waals surface area (Å²) in [5.41, 5.74) is 2.26. The first-order valence-electron chi connectivity index (χ1n) is 12.0. The summed E-state index contributed by atoms with van der Waals surface area (Å²) in [6.45, 7) is 5.17. The van der Waals surface area contributed by atoms with Crippen molar-refractivity contribution in [2.45, 2.75) is 38.7 Å². The topological polar surface area (TPSA) is 135 Å². The predicted octanol–water partition coefficient (Wildman–Crippen LogP) is 3.31. The second kappa shape index (κ2) is 16.7. The fourth-order valence-electron chi connectivity index (χ4n) is 3.19. The van der Waals surface area contributed by atoms with Gasteiger partial charge in [0.15, 0.2) is 11.5 Å². The Bertz CT molecular complexity index is 1120. The monoisotopic (exact) mass is 527 g/mol. The first-order chi connectivity index (χ1) is 18.0. The first-order valence-corrected chi connectivity index (χ1v) is 12.0. The zero-order chi connectivity index (χ0) is 28.6. The number of hydrogen-bond acceptors (Lipinski definition) is 7. The molecule has 2 aromatic rings. The van der Waals surface area contributed by atoms with Crippen molar-refractivity contribution in [3.8, 4) is 29.1 Å². The minimum Gasteiger partial charge on any atom is -0.497 e. The van der Waals surface area contributed by atoms with Crippen LogP contribution in [0.1, 0.15) is 37.0 Å². The Kier molecular flexibility index (Phi) is 14.1. The Balaban J connectivity index is 0.000000781. The van der Waals surface area contributed by atoms with Gasteiger partial charge in [-0.05, 0) is 87.7 Å². The van der Waals surface area contributed by atoms with Crippen molar-refractivity contribution in [1.82, 2.24) is 5.32 Å². The molecule has 9 nitrogen and oxygen atoms in total. The van der Waals surface area contributed by atoms with E-state index in [-0.39, 0.29) is 0 Å². The third-order valence-corrected chi connectivity index (χ3v) is 5.02. The number of benzene rings is 2. The minimum atomic E-state index is -1.26. The summed E-state index contributed by atoms with van der Waals surface area (Å²) in [7, 11) is 4.96. The summed E-state index contributed by atoms with van der Waals surface area (Å²) in [6.07, 6.45) is 3.90. The highest BCUT2D eigenvalue weighted by molar-refractivity contribution is 5.89. The van der Waals surface area contributed by atoms with E-state index in [1.54, 1.807) is 35.2 Å². The Morgan fingerprint density at radius 3 is 2.11 bits per heavy atom. The molecule has 0 saturated carbocycles. The predicted molar refractivity (Wildman–Crippen MR) is 145 cm³/mol. The Morgan fingerprint density at radius 2 is 1.55 bits per heavy atom. The molecule has 0 spiro atoms. The summed E-state index contributed by atoms with van der Waals surface area (Å²) >= 11 is 0. The fourth-order valence-corrected chi connectivity index (χ4v) is 3.19. The molecule has 0 fully saturated rings. The van der Waals surface area contributed by atoms with Gasteiger partial charge in [-0.2, -0.15) is 0 Å². The van der Waals surface area contributed by atoms with Crippen LogP contribution in [-0.4, -0.2) is 67.3 Å². The molecule has 0 radical (unpaired) electrons. The van der Waals surface area contributed by atoms with E-state index >= 15 is 0 Å². The Labute approximate surface area is 224 Å². The number of aryl methyl sites for hydroxylation is 1. The third-order valence-electron chi connectivity index (χ3n) is 5.02. The number of carboxylic acid groups (broad SMARTS) is 2. The van der Waals surface area contributed by atoms with Gasteiger partial charge in [0.25, 0.3) is 0 Å². The highest BCUT2D eigenvalue weighted by Crippen LogP contribution is 2.27. The van der Waals surface area contributed by atoms with Crippen LogP contribution in [-0.2, 0) is 22.4 Å². The maximum atomic E-state index is 9.88. The molecule has 0 bridgehead atoms. The lowest BCUT2D eigenvalue weighted by atomic mass is 10.0. The van der Waals surface area contributed by atoms with Gasteiger partial charge in [-0.15, -0.1) is 0 Å². The van der Waals surface area contributed by atoms with Gasteiger partial charge >= 0.3 is 11.9 Å². The highest BCUT2D eigenvalue weighted by Gasteiger charge is 2.08. The van der Waals surface area contributed by atoms with Gasteiger partial charge in [0.1, 0.15) is 11.4 Å². The van der Waals surface area contributed by atoms with Gasteiger partial charge in [0.05, 0.1) is 21.3 Å². The standard InChI is InChI=1S/C25H33NO4.C4H4O4/c1-25(2,27)14-12-20-9-10-22(28-3)18-21(20)7-6-15-26-16-13-19-8-11-23(29-4)24(17-19)30-5;5-3(6)1-2-4(7)8/h8-11,17-18,26-27H,6-7,13,15-16H2,1-5H3;1-2H,(H,5,6)(H,7,8). The van der Waals surface area contributed by atoms with Crippen molar-refractivity contribution < 1.29 is 39.1 Å². The van der Waals surface area contributed by atoms with Crippen LogP contribution in [0.4, 0.5) is 0 Å². The van der Waals surface area contributed by atoms with E-state index in [0.717, 1.165) is 60.7 Å². The van der Waals surface area contributed by atoms with E-state index in [0.29, 0.717) is 12.2 Å². The summed E-state index contributed by atoms with van der Waals surface area (Å²) in [6, 6.07) is 11.9. The number of methoxy groups -OCH3 is 3. The highest BCUT2D eigenvalue weighted by atomic mass is 16.5. The van der Waals surface area contributed by atoms with Crippen molar-refractivity contribution in [2.24, 2.45) is 0 Å². The van der Waals surface area contributed by atoms with Gasteiger partial charge < -0.3 is 34.8 Å². The number of carboxylic acids is 2. The summed E-state index contributed by atoms with van der Waals surface area (Å²) < 4.78 is 16.0. The number of ether oxygens (including phenoxy) is 3. The fraction of sp³-hybridized carbons (Fsp3) is 0.379. The Hall–Kier alpha value is -4.00. The van der Waals surface area contributed by atoms with Crippen LogP contribution in [0.2, 0.25) is 0 Å². The second-order valence-electron chi connectivity index (χ2n) is 8.63. The molecule has 0 amide bonds. The molecular formula is C29H37NO8. The van der Waals surface area contributed by atoms with Crippen LogP contribution in [0.3, 0.4) is 0 Å². The molecule has 9 heteroatoms. The molecule has 0 aliphatic rings. The summed E-state index contributed by atoms with van der Waals surface area (Å²) in [4.78, 5) is 19.1. The smallest absolute Gasteiger partial charge is 0.328 e. The van der Waals surface area contributed by atoms with Crippen molar-refractivity contribution in [2.75, 3.05) is 34.4 Å². The summed E-state index contributed by atoms with van der Waals surface area (Å²) in [5, 5.41) is 29.0. The molecule has 4 N–H and O–H groups in total. The van der Waals surface area contributed by atoms with E-state index < -0.39 is 17.5 Å². The largest absolute Gasteiger partial charge is 0.497 e. The van der Waals surface area contributed by atoms with E-state index in [1.807, 2.05) is 30.3 Å². The maximum Gasteiger partial charge on any atom is 0.328 e. The van der Waals surface area contributed by atoms with Crippen molar-refractivity contribution in [1.29, 1.82) is 0 Å². The van der Waals surface area contributed by atoms with Crippen LogP contribution in [0.5, 0.6) is 17.2 Å². The van der Waals surface area contributed by atoms with Gasteiger partial charge in [-0.3, -0.25) is 0 Å². The molecule has 0 heterocycles. The molecule has 0 aliphatic carbocycles. The minimum absolute atomic E-state index is 0.558. The number of aliphatic carboxylic acids is 2. The molecule has 0 aliphatic heterocycles. The zero-order valence-electron chi connectivity index (χ0n) is 22.5. The molecule has 0 saturated heterocycles.